The van der Waals surface area contributed by atoms with Gasteiger partial charge in [-0.1, -0.05) is 0 Å². The van der Waals surface area contributed by atoms with Gasteiger partial charge in [-0.25, -0.2) is 0 Å². The first kappa shape index (κ1) is 9.99. The molecule has 0 heterocycles. The molecule has 0 aliphatic heterocycles. The Bertz CT molecular complexity index is 720. The van der Waals surface area contributed by atoms with Gasteiger partial charge >= 0.3 is 112 Å². The van der Waals surface area contributed by atoms with E-state index in [1.807, 2.05) is 0 Å². The molecule has 0 aromatic heterocycles. The molecule has 4 rings (SSSR count). The summed E-state index contributed by atoms with van der Waals surface area (Å²) < 4.78 is 1.45. The van der Waals surface area contributed by atoms with E-state index in [2.05, 4.69) is 57.2 Å². The summed E-state index contributed by atoms with van der Waals surface area (Å²) in [5, 5.41) is 2.99. The minimum absolute atomic E-state index is 1.22. The number of hydrogen-bond acceptors (Lipinski definition) is 0. The first-order chi connectivity index (χ1) is 8.25. The van der Waals surface area contributed by atoms with Crippen LogP contribution in [0.2, 0.25) is 0 Å². The number of allylic oxidation sites excluding steroid dienone is 1. The molecule has 0 spiro atoms. The summed E-state index contributed by atoms with van der Waals surface area (Å²) in [6, 6.07) is 9.21. The van der Waals surface area contributed by atoms with Gasteiger partial charge in [-0.05, 0) is 0 Å². The van der Waals surface area contributed by atoms with E-state index in [0.29, 0.717) is 0 Å². The SMILES string of the molecule is CC1=Cc2c(cc3c4c(cccc24)CC3)[C]1=[Ti]. The Balaban J connectivity index is 2.23. The third-order valence-corrected chi connectivity index (χ3v) is 5.10. The van der Waals surface area contributed by atoms with Gasteiger partial charge in [0.15, 0.2) is 0 Å². The van der Waals surface area contributed by atoms with Crippen LogP contribution in [0.1, 0.15) is 29.2 Å². The van der Waals surface area contributed by atoms with E-state index in [-0.39, 0.29) is 0 Å². The Labute approximate surface area is 112 Å². The van der Waals surface area contributed by atoms with E-state index in [4.69, 9.17) is 0 Å². The van der Waals surface area contributed by atoms with Crippen molar-refractivity contribution in [2.24, 2.45) is 0 Å². The van der Waals surface area contributed by atoms with Gasteiger partial charge < -0.3 is 0 Å². The van der Waals surface area contributed by atoms with Gasteiger partial charge in [-0.3, -0.25) is 0 Å². The molecule has 0 saturated carbocycles. The Morgan fingerprint density at radius 3 is 2.82 bits per heavy atom. The Hall–Kier alpha value is -0.976. The van der Waals surface area contributed by atoms with Crippen molar-refractivity contribution in [2.45, 2.75) is 19.8 Å². The van der Waals surface area contributed by atoms with E-state index in [0.717, 1.165) is 0 Å². The molecule has 0 unspecified atom stereocenters. The molecule has 0 atom stereocenters. The fourth-order valence-corrected chi connectivity index (χ4v) is 3.65. The zero-order chi connectivity index (χ0) is 11.6. The van der Waals surface area contributed by atoms with Crippen molar-refractivity contribution < 1.29 is 20.0 Å². The molecule has 80 valence electrons. The molecular weight excluding hydrogens is 240 g/mol. The fourth-order valence-electron chi connectivity index (χ4n) is 3.21. The van der Waals surface area contributed by atoms with Crippen molar-refractivity contribution in [1.82, 2.24) is 0 Å². The van der Waals surface area contributed by atoms with Crippen molar-refractivity contribution >= 4 is 20.7 Å². The van der Waals surface area contributed by atoms with Crippen molar-refractivity contribution in [3.05, 3.63) is 52.1 Å². The van der Waals surface area contributed by atoms with Gasteiger partial charge in [0.25, 0.3) is 0 Å². The standard InChI is InChI=1S/C16H12.Ti/c1-10-7-13-9-12-6-5-11-3-2-4-14(16(11)12)15(13)8-10;/h2-4,8-9H,5-6H2,1H3;. The first-order valence-electron chi connectivity index (χ1n) is 6.11. The molecule has 0 saturated heterocycles. The summed E-state index contributed by atoms with van der Waals surface area (Å²) in [6.45, 7) is 2.22. The van der Waals surface area contributed by atoms with Crippen LogP contribution in [-0.4, -0.2) is 3.81 Å². The van der Waals surface area contributed by atoms with Gasteiger partial charge in [-0.2, -0.15) is 0 Å². The van der Waals surface area contributed by atoms with E-state index < -0.39 is 0 Å². The number of benzene rings is 2. The van der Waals surface area contributed by atoms with Gasteiger partial charge in [0.1, 0.15) is 0 Å². The molecule has 0 amide bonds. The molecule has 2 aromatic rings. The van der Waals surface area contributed by atoms with Gasteiger partial charge in [-0.15, -0.1) is 0 Å². The average Bonchev–Trinajstić information content (AvgIpc) is 2.87. The van der Waals surface area contributed by atoms with Gasteiger partial charge in [0.2, 0.25) is 0 Å². The van der Waals surface area contributed by atoms with Crippen molar-refractivity contribution in [1.29, 1.82) is 0 Å². The van der Waals surface area contributed by atoms with Crippen LogP contribution in [0.5, 0.6) is 0 Å². The molecular formula is C16H12Ti. The van der Waals surface area contributed by atoms with Crippen LogP contribution in [-0.2, 0) is 32.8 Å². The molecule has 17 heavy (non-hydrogen) atoms. The van der Waals surface area contributed by atoms with Crippen LogP contribution in [0, 0.1) is 0 Å². The van der Waals surface area contributed by atoms with Crippen LogP contribution in [0.15, 0.2) is 29.8 Å². The second-order valence-corrected chi connectivity index (χ2v) is 5.82. The minimum atomic E-state index is 1.22. The van der Waals surface area contributed by atoms with Gasteiger partial charge in [0.05, 0.1) is 0 Å². The normalized spacial score (nSPS) is 16.5. The average molecular weight is 252 g/mol. The molecule has 2 aliphatic rings. The van der Waals surface area contributed by atoms with E-state index >= 15 is 0 Å². The topological polar surface area (TPSA) is 0 Å². The Morgan fingerprint density at radius 2 is 1.94 bits per heavy atom. The number of fused-ring (bicyclic) bond motifs is 2. The first-order valence-corrected chi connectivity index (χ1v) is 6.89. The zero-order valence-corrected chi connectivity index (χ0v) is 11.4. The molecule has 2 aliphatic carbocycles. The number of aryl methyl sites for hydroxylation is 2. The molecule has 0 N–H and O–H groups in total. The quantitative estimate of drug-likeness (QED) is 0.630. The van der Waals surface area contributed by atoms with Crippen molar-refractivity contribution in [2.75, 3.05) is 0 Å². The van der Waals surface area contributed by atoms with Crippen LogP contribution >= 0.6 is 0 Å². The summed E-state index contributed by atoms with van der Waals surface area (Å²) in [4.78, 5) is 0. The predicted octanol–water partition coefficient (Wildman–Crippen LogP) is 3.42. The fraction of sp³-hybridized carbons (Fsp3) is 0.188. The summed E-state index contributed by atoms with van der Waals surface area (Å²) in [5.41, 5.74) is 7.42. The second kappa shape index (κ2) is 3.28. The maximum absolute atomic E-state index is 2.43. The summed E-state index contributed by atoms with van der Waals surface area (Å²) in [7, 11) is 0. The van der Waals surface area contributed by atoms with Crippen LogP contribution in [0.3, 0.4) is 0 Å². The molecule has 0 bridgehead atoms. The van der Waals surface area contributed by atoms with E-state index in [9.17, 15) is 0 Å². The summed E-state index contributed by atoms with van der Waals surface area (Å²) in [6.07, 6.45) is 4.79. The maximum atomic E-state index is 2.43. The Morgan fingerprint density at radius 1 is 1.12 bits per heavy atom. The van der Waals surface area contributed by atoms with Crippen molar-refractivity contribution in [3.63, 3.8) is 0 Å². The van der Waals surface area contributed by atoms with Gasteiger partial charge in [0, 0.05) is 0 Å². The predicted molar refractivity (Wildman–Crippen MR) is 69.1 cm³/mol. The van der Waals surface area contributed by atoms with Crippen LogP contribution < -0.4 is 0 Å². The summed E-state index contributed by atoms with van der Waals surface area (Å²) >= 11 is 2.25. The number of hydrogen-bond donors (Lipinski definition) is 0. The third-order valence-electron chi connectivity index (χ3n) is 4.06. The molecule has 0 fully saturated rings. The molecule has 1 heteroatoms. The third kappa shape index (κ3) is 1.20. The monoisotopic (exact) mass is 252 g/mol. The number of rotatable bonds is 0. The second-order valence-electron chi connectivity index (χ2n) is 5.04. The van der Waals surface area contributed by atoms with E-state index in [1.165, 1.54) is 49.7 Å². The van der Waals surface area contributed by atoms with Crippen LogP contribution in [0.25, 0.3) is 16.8 Å². The zero-order valence-electron chi connectivity index (χ0n) is 9.80. The Kier molecular flexibility index (Phi) is 1.93. The summed E-state index contributed by atoms with van der Waals surface area (Å²) in [5.74, 6) is 0. The van der Waals surface area contributed by atoms with Crippen molar-refractivity contribution in [3.8, 4) is 0 Å². The molecule has 0 radical (unpaired) electrons. The molecule has 0 nitrogen and oxygen atoms in total. The van der Waals surface area contributed by atoms with E-state index in [1.54, 1.807) is 5.56 Å². The molecule has 2 aromatic carbocycles. The van der Waals surface area contributed by atoms with Crippen LogP contribution in [0.4, 0.5) is 0 Å².